The summed E-state index contributed by atoms with van der Waals surface area (Å²) in [5, 5.41) is 3.26. The summed E-state index contributed by atoms with van der Waals surface area (Å²) in [5.41, 5.74) is 0. The number of methoxy groups -OCH3 is 1. The van der Waals surface area contributed by atoms with Crippen molar-refractivity contribution in [1.29, 1.82) is 0 Å². The minimum atomic E-state index is -0.153. The maximum absolute atomic E-state index is 11.4. The lowest BCUT2D eigenvalue weighted by Gasteiger charge is -2.20. The van der Waals surface area contributed by atoms with Gasteiger partial charge in [0.15, 0.2) is 0 Å². The number of thioether (sulfide) groups is 1. The van der Waals surface area contributed by atoms with Gasteiger partial charge in [-0.15, -0.1) is 0 Å². The van der Waals surface area contributed by atoms with Crippen molar-refractivity contribution in [2.24, 2.45) is 0 Å². The Labute approximate surface area is 91.0 Å². The number of carbonyl (C=O) groups excluding carboxylic acids is 1. The van der Waals surface area contributed by atoms with Crippen LogP contribution in [0.25, 0.3) is 0 Å². The number of nitrogens with one attached hydrogen (secondary N) is 1. The van der Waals surface area contributed by atoms with E-state index >= 15 is 0 Å². The molecule has 0 rings (SSSR count). The summed E-state index contributed by atoms with van der Waals surface area (Å²) in [6.45, 7) is 4.18. The molecule has 2 atom stereocenters. The molecule has 0 bridgehead atoms. The molecule has 2 unspecified atom stereocenters. The molecule has 4 heteroatoms. The van der Waals surface area contributed by atoms with Gasteiger partial charge in [-0.3, -0.25) is 4.79 Å². The zero-order valence-corrected chi connectivity index (χ0v) is 10.3. The maximum Gasteiger partial charge on any atom is 0.322 e. The second-order valence-corrected chi connectivity index (χ2v) is 4.32. The van der Waals surface area contributed by atoms with Crippen LogP contribution in [0.3, 0.4) is 0 Å². The van der Waals surface area contributed by atoms with E-state index in [2.05, 4.69) is 19.2 Å². The van der Waals surface area contributed by atoms with Crippen LogP contribution in [0.5, 0.6) is 0 Å². The van der Waals surface area contributed by atoms with Gasteiger partial charge in [0, 0.05) is 6.04 Å². The fourth-order valence-corrected chi connectivity index (χ4v) is 1.58. The molecule has 0 saturated carbocycles. The van der Waals surface area contributed by atoms with E-state index in [1.165, 1.54) is 7.11 Å². The number of esters is 1. The van der Waals surface area contributed by atoms with Crippen molar-refractivity contribution in [3.05, 3.63) is 0 Å². The zero-order chi connectivity index (χ0) is 11.0. The number of ether oxygens (including phenoxy) is 1. The molecule has 0 saturated heterocycles. The summed E-state index contributed by atoms with van der Waals surface area (Å²) in [5.74, 6) is 0.822. The summed E-state index contributed by atoms with van der Waals surface area (Å²) in [6, 6.07) is 0.211. The molecule has 0 radical (unpaired) electrons. The molecule has 0 aromatic rings. The van der Waals surface area contributed by atoms with Gasteiger partial charge in [-0.25, -0.2) is 0 Å². The molecule has 1 N–H and O–H groups in total. The van der Waals surface area contributed by atoms with Crippen LogP contribution in [0, 0.1) is 0 Å². The predicted molar refractivity (Wildman–Crippen MR) is 61.7 cm³/mol. The van der Waals surface area contributed by atoms with Gasteiger partial charge in [-0.1, -0.05) is 6.92 Å². The van der Waals surface area contributed by atoms with Crippen molar-refractivity contribution in [1.82, 2.24) is 5.32 Å². The molecule has 84 valence electrons. The van der Waals surface area contributed by atoms with Crippen molar-refractivity contribution in [2.75, 3.05) is 19.1 Å². The average Bonchev–Trinajstić information content (AvgIpc) is 2.22. The second kappa shape index (κ2) is 8.12. The fraction of sp³-hybridized carbons (Fsp3) is 0.900. The van der Waals surface area contributed by atoms with E-state index in [9.17, 15) is 4.79 Å². The molecular weight excluding hydrogens is 198 g/mol. The Kier molecular flexibility index (Phi) is 7.99. The molecule has 0 aliphatic heterocycles. The maximum atomic E-state index is 11.4. The average molecular weight is 219 g/mol. The SMILES string of the molecule is CCC(C)NC(CCSC)C(=O)OC. The van der Waals surface area contributed by atoms with E-state index in [0.717, 1.165) is 18.6 Å². The van der Waals surface area contributed by atoms with Crippen LogP contribution in [0.2, 0.25) is 0 Å². The first kappa shape index (κ1) is 13.8. The molecule has 0 aromatic heterocycles. The molecule has 14 heavy (non-hydrogen) atoms. The summed E-state index contributed by atoms with van der Waals surface area (Å²) in [4.78, 5) is 11.4. The topological polar surface area (TPSA) is 38.3 Å². The van der Waals surface area contributed by atoms with Crippen molar-refractivity contribution in [3.63, 3.8) is 0 Å². The molecule has 0 amide bonds. The van der Waals surface area contributed by atoms with E-state index < -0.39 is 0 Å². The van der Waals surface area contributed by atoms with E-state index in [0.29, 0.717) is 6.04 Å². The minimum Gasteiger partial charge on any atom is -0.468 e. The van der Waals surface area contributed by atoms with Gasteiger partial charge < -0.3 is 10.1 Å². The summed E-state index contributed by atoms with van der Waals surface area (Å²) >= 11 is 1.74. The molecule has 3 nitrogen and oxygen atoms in total. The Hall–Kier alpha value is -0.220. The van der Waals surface area contributed by atoms with Gasteiger partial charge in [-0.2, -0.15) is 11.8 Å². The van der Waals surface area contributed by atoms with Gasteiger partial charge >= 0.3 is 5.97 Å². The first-order chi connectivity index (χ1) is 6.65. The van der Waals surface area contributed by atoms with Crippen molar-refractivity contribution >= 4 is 17.7 Å². The Morgan fingerprint density at radius 1 is 1.57 bits per heavy atom. The molecule has 0 aromatic carbocycles. The van der Waals surface area contributed by atoms with E-state index in [-0.39, 0.29) is 12.0 Å². The lowest BCUT2D eigenvalue weighted by molar-refractivity contribution is -0.143. The minimum absolute atomic E-state index is 0.151. The highest BCUT2D eigenvalue weighted by molar-refractivity contribution is 7.98. The second-order valence-electron chi connectivity index (χ2n) is 3.33. The fourth-order valence-electron chi connectivity index (χ4n) is 1.11. The van der Waals surface area contributed by atoms with E-state index in [4.69, 9.17) is 4.74 Å². The number of hydrogen-bond acceptors (Lipinski definition) is 4. The van der Waals surface area contributed by atoms with Crippen LogP contribution in [-0.2, 0) is 9.53 Å². The van der Waals surface area contributed by atoms with Crippen molar-refractivity contribution in [2.45, 2.75) is 38.8 Å². The van der Waals surface area contributed by atoms with Crippen LogP contribution < -0.4 is 5.32 Å². The molecule has 0 aliphatic rings. The van der Waals surface area contributed by atoms with Crippen molar-refractivity contribution in [3.8, 4) is 0 Å². The van der Waals surface area contributed by atoms with E-state index in [1.54, 1.807) is 11.8 Å². The Morgan fingerprint density at radius 3 is 2.64 bits per heavy atom. The summed E-state index contributed by atoms with van der Waals surface area (Å²) in [6.07, 6.45) is 3.89. The predicted octanol–water partition coefficient (Wildman–Crippen LogP) is 1.67. The summed E-state index contributed by atoms with van der Waals surface area (Å²) < 4.78 is 4.74. The zero-order valence-electron chi connectivity index (χ0n) is 9.50. The highest BCUT2D eigenvalue weighted by atomic mass is 32.2. The third-order valence-corrected chi connectivity index (χ3v) is 2.84. The Balaban J connectivity index is 4.03. The smallest absolute Gasteiger partial charge is 0.322 e. The molecular formula is C10H21NO2S. The Morgan fingerprint density at radius 2 is 2.21 bits per heavy atom. The third-order valence-electron chi connectivity index (χ3n) is 2.19. The van der Waals surface area contributed by atoms with Crippen LogP contribution in [0.1, 0.15) is 26.7 Å². The molecule has 0 heterocycles. The molecule has 0 spiro atoms. The third kappa shape index (κ3) is 5.50. The lowest BCUT2D eigenvalue weighted by atomic mass is 10.1. The van der Waals surface area contributed by atoms with Crippen molar-refractivity contribution < 1.29 is 9.53 Å². The highest BCUT2D eigenvalue weighted by Gasteiger charge is 2.19. The number of hydrogen-bond donors (Lipinski definition) is 1. The monoisotopic (exact) mass is 219 g/mol. The largest absolute Gasteiger partial charge is 0.468 e. The lowest BCUT2D eigenvalue weighted by Crippen LogP contribution is -2.42. The van der Waals surface area contributed by atoms with Crippen LogP contribution in [0.4, 0.5) is 0 Å². The van der Waals surface area contributed by atoms with Crippen LogP contribution >= 0.6 is 11.8 Å². The van der Waals surface area contributed by atoms with Crippen LogP contribution in [0.15, 0.2) is 0 Å². The number of rotatable bonds is 7. The van der Waals surface area contributed by atoms with Gasteiger partial charge in [0.05, 0.1) is 7.11 Å². The first-order valence-corrected chi connectivity index (χ1v) is 6.37. The van der Waals surface area contributed by atoms with Gasteiger partial charge in [0.25, 0.3) is 0 Å². The van der Waals surface area contributed by atoms with E-state index in [1.807, 2.05) is 6.26 Å². The molecule has 0 fully saturated rings. The normalized spacial score (nSPS) is 14.9. The standard InChI is InChI=1S/C10H21NO2S/c1-5-8(2)11-9(6-7-14-4)10(12)13-3/h8-9,11H,5-7H2,1-4H3. The van der Waals surface area contributed by atoms with Gasteiger partial charge in [0.2, 0.25) is 0 Å². The quantitative estimate of drug-likeness (QED) is 0.661. The highest BCUT2D eigenvalue weighted by Crippen LogP contribution is 2.04. The van der Waals surface area contributed by atoms with Gasteiger partial charge in [0.1, 0.15) is 6.04 Å². The first-order valence-electron chi connectivity index (χ1n) is 4.98. The number of carbonyl (C=O) groups is 1. The van der Waals surface area contributed by atoms with Gasteiger partial charge in [-0.05, 0) is 31.8 Å². The van der Waals surface area contributed by atoms with Crippen LogP contribution in [-0.4, -0.2) is 37.2 Å². The Bertz CT molecular complexity index is 164. The summed E-state index contributed by atoms with van der Waals surface area (Å²) in [7, 11) is 1.44. The molecule has 0 aliphatic carbocycles.